The summed E-state index contributed by atoms with van der Waals surface area (Å²) in [5, 5.41) is 21.4. The van der Waals surface area contributed by atoms with E-state index in [9.17, 15) is 19.7 Å². The highest BCUT2D eigenvalue weighted by Gasteiger charge is 2.13. The lowest BCUT2D eigenvalue weighted by molar-refractivity contribution is -0.384. The number of nitro groups is 1. The molecule has 0 aliphatic carbocycles. The van der Waals surface area contributed by atoms with Crippen molar-refractivity contribution < 1.29 is 19.6 Å². The Morgan fingerprint density at radius 2 is 2.00 bits per heavy atom. The topological polar surface area (TPSA) is 110 Å². The first-order valence-electron chi connectivity index (χ1n) is 5.79. The monoisotopic (exact) mass is 298 g/mol. The molecule has 2 N–H and O–H groups in total. The number of aliphatic carboxylic acids is 1. The molecule has 1 atom stereocenters. The summed E-state index contributed by atoms with van der Waals surface area (Å²) in [6.45, 7) is 1.39. The molecule has 1 unspecified atom stereocenters. The van der Waals surface area contributed by atoms with E-state index < -0.39 is 16.9 Å². The van der Waals surface area contributed by atoms with Gasteiger partial charge >= 0.3 is 5.97 Å². The number of nitrogens with zero attached hydrogens (tertiary/aromatic N) is 1. The summed E-state index contributed by atoms with van der Waals surface area (Å²) in [7, 11) is 0. The Balaban J connectivity index is 2.35. The maximum absolute atomic E-state index is 11.4. The highest BCUT2D eigenvalue weighted by Crippen LogP contribution is 2.21. The summed E-state index contributed by atoms with van der Waals surface area (Å²) < 4.78 is 0. The van der Waals surface area contributed by atoms with E-state index in [1.807, 2.05) is 0 Å². The predicted molar refractivity (Wildman–Crippen MR) is 73.7 cm³/mol. The van der Waals surface area contributed by atoms with E-state index in [-0.39, 0.29) is 18.0 Å². The molecule has 20 heavy (non-hydrogen) atoms. The van der Waals surface area contributed by atoms with E-state index in [0.29, 0.717) is 5.75 Å². The number of nitrogens with one attached hydrogen (secondary N) is 1. The zero-order valence-corrected chi connectivity index (χ0v) is 11.6. The van der Waals surface area contributed by atoms with E-state index in [1.165, 1.54) is 30.8 Å². The number of benzene rings is 1. The number of thioether (sulfide) groups is 1. The molecule has 1 aromatic rings. The molecule has 0 bridgehead atoms. The fourth-order valence-corrected chi connectivity index (χ4v) is 2.15. The molecule has 1 rings (SSSR count). The minimum absolute atomic E-state index is 0.0161. The average Bonchev–Trinajstić information content (AvgIpc) is 2.39. The number of amides is 1. The molecule has 0 spiro atoms. The molecule has 0 saturated heterocycles. The second kappa shape index (κ2) is 7.49. The third-order valence-electron chi connectivity index (χ3n) is 2.39. The summed E-state index contributed by atoms with van der Waals surface area (Å²) in [4.78, 5) is 32.8. The molecule has 1 aromatic carbocycles. The van der Waals surface area contributed by atoms with Gasteiger partial charge in [-0.1, -0.05) is 0 Å². The Bertz CT molecular complexity index is 503. The molecular weight excluding hydrogens is 284 g/mol. The van der Waals surface area contributed by atoms with E-state index in [1.54, 1.807) is 12.1 Å². The van der Waals surface area contributed by atoms with Crippen LogP contribution in [0.25, 0.3) is 0 Å². The zero-order valence-electron chi connectivity index (χ0n) is 10.7. The summed E-state index contributed by atoms with van der Waals surface area (Å²) in [5.41, 5.74) is 0.0161. The molecule has 1 amide bonds. The van der Waals surface area contributed by atoms with Gasteiger partial charge in [-0.05, 0) is 19.1 Å². The van der Waals surface area contributed by atoms with Crippen molar-refractivity contribution in [3.63, 3.8) is 0 Å². The normalized spacial score (nSPS) is 11.7. The van der Waals surface area contributed by atoms with Gasteiger partial charge < -0.3 is 10.4 Å². The molecule has 0 saturated carbocycles. The Morgan fingerprint density at radius 1 is 1.40 bits per heavy atom. The molecule has 0 aliphatic heterocycles. The van der Waals surface area contributed by atoms with Crippen LogP contribution in [0.15, 0.2) is 29.2 Å². The fraction of sp³-hybridized carbons (Fsp3) is 0.333. The summed E-state index contributed by atoms with van der Waals surface area (Å²) in [6, 6.07) is 5.11. The van der Waals surface area contributed by atoms with Gasteiger partial charge in [0.1, 0.15) is 6.04 Å². The number of rotatable bonds is 7. The highest BCUT2D eigenvalue weighted by atomic mass is 32.2. The van der Waals surface area contributed by atoms with Gasteiger partial charge in [0.05, 0.1) is 4.92 Å². The minimum Gasteiger partial charge on any atom is -0.480 e. The van der Waals surface area contributed by atoms with Gasteiger partial charge in [0.2, 0.25) is 5.91 Å². The molecule has 0 aromatic heterocycles. The van der Waals surface area contributed by atoms with Crippen LogP contribution in [-0.2, 0) is 9.59 Å². The lowest BCUT2D eigenvalue weighted by Crippen LogP contribution is -2.38. The van der Waals surface area contributed by atoms with E-state index in [4.69, 9.17) is 5.11 Å². The largest absolute Gasteiger partial charge is 0.480 e. The van der Waals surface area contributed by atoms with Gasteiger partial charge in [-0.3, -0.25) is 19.7 Å². The molecule has 0 fully saturated rings. The van der Waals surface area contributed by atoms with E-state index in [0.717, 1.165) is 4.90 Å². The van der Waals surface area contributed by atoms with Crippen molar-refractivity contribution in [1.29, 1.82) is 0 Å². The maximum Gasteiger partial charge on any atom is 0.325 e. The fourth-order valence-electron chi connectivity index (χ4n) is 1.30. The van der Waals surface area contributed by atoms with Crippen LogP contribution in [0.2, 0.25) is 0 Å². The minimum atomic E-state index is -1.08. The van der Waals surface area contributed by atoms with Crippen molar-refractivity contribution in [2.45, 2.75) is 24.3 Å². The number of non-ortho nitro benzene ring substituents is 1. The molecule has 0 heterocycles. The van der Waals surface area contributed by atoms with Crippen LogP contribution in [0.3, 0.4) is 0 Å². The van der Waals surface area contributed by atoms with E-state index in [2.05, 4.69) is 5.32 Å². The Labute approximate surface area is 119 Å². The highest BCUT2D eigenvalue weighted by molar-refractivity contribution is 7.99. The molecule has 0 aliphatic rings. The quantitative estimate of drug-likeness (QED) is 0.450. The van der Waals surface area contributed by atoms with Gasteiger partial charge in [0, 0.05) is 29.2 Å². The van der Waals surface area contributed by atoms with Crippen LogP contribution in [0, 0.1) is 10.1 Å². The van der Waals surface area contributed by atoms with Crippen LogP contribution >= 0.6 is 11.8 Å². The van der Waals surface area contributed by atoms with Crippen LogP contribution in [0.4, 0.5) is 5.69 Å². The average molecular weight is 298 g/mol. The number of nitro benzene ring substituents is 1. The zero-order chi connectivity index (χ0) is 15.1. The first-order valence-corrected chi connectivity index (χ1v) is 6.78. The number of carbonyl (C=O) groups excluding carboxylic acids is 1. The van der Waals surface area contributed by atoms with Crippen molar-refractivity contribution in [3.8, 4) is 0 Å². The molecule has 0 radical (unpaired) electrons. The first kappa shape index (κ1) is 16.0. The van der Waals surface area contributed by atoms with Crippen molar-refractivity contribution in [2.75, 3.05) is 5.75 Å². The number of hydrogen-bond acceptors (Lipinski definition) is 5. The van der Waals surface area contributed by atoms with Gasteiger partial charge in [-0.25, -0.2) is 0 Å². The van der Waals surface area contributed by atoms with Crippen molar-refractivity contribution in [2.24, 2.45) is 0 Å². The maximum atomic E-state index is 11.4. The van der Waals surface area contributed by atoms with Crippen LogP contribution in [0.5, 0.6) is 0 Å². The van der Waals surface area contributed by atoms with Crippen molar-refractivity contribution in [3.05, 3.63) is 34.4 Å². The standard InChI is InChI=1S/C12H14N2O5S/c1-8(12(16)17)13-11(15)6-7-20-10-4-2-9(3-5-10)14(18)19/h2-5,8H,6-7H2,1H3,(H,13,15)(H,16,17). The number of carboxylic acid groups (broad SMARTS) is 1. The third-order valence-corrected chi connectivity index (χ3v) is 3.41. The second-order valence-electron chi connectivity index (χ2n) is 3.98. The first-order chi connectivity index (χ1) is 9.40. The van der Waals surface area contributed by atoms with Gasteiger partial charge in [0.25, 0.3) is 5.69 Å². The predicted octanol–water partition coefficient (Wildman–Crippen LogP) is 1.67. The van der Waals surface area contributed by atoms with Gasteiger partial charge in [0.15, 0.2) is 0 Å². The Hall–Kier alpha value is -2.09. The van der Waals surface area contributed by atoms with Crippen molar-refractivity contribution in [1.82, 2.24) is 5.32 Å². The smallest absolute Gasteiger partial charge is 0.325 e. The molecule has 7 nitrogen and oxygen atoms in total. The van der Waals surface area contributed by atoms with Crippen LogP contribution < -0.4 is 5.32 Å². The SMILES string of the molecule is CC(NC(=O)CCSc1ccc([N+](=O)[O-])cc1)C(=O)O. The van der Waals surface area contributed by atoms with Crippen LogP contribution in [-0.4, -0.2) is 33.7 Å². The third kappa shape index (κ3) is 5.27. The van der Waals surface area contributed by atoms with Gasteiger partial charge in [-0.15, -0.1) is 11.8 Å². The Kier molecular flexibility index (Phi) is 5.98. The summed E-state index contributed by atoms with van der Waals surface area (Å²) >= 11 is 1.37. The van der Waals surface area contributed by atoms with Crippen molar-refractivity contribution >= 4 is 29.3 Å². The lowest BCUT2D eigenvalue weighted by Gasteiger charge is -2.08. The summed E-state index contributed by atoms with van der Waals surface area (Å²) in [5.74, 6) is -0.952. The molecule has 8 heteroatoms. The number of carbonyl (C=O) groups is 2. The number of hydrogen-bond donors (Lipinski definition) is 2. The molecule has 108 valence electrons. The summed E-state index contributed by atoms with van der Waals surface area (Å²) in [6.07, 6.45) is 0.180. The van der Waals surface area contributed by atoms with E-state index >= 15 is 0 Å². The number of carboxylic acids is 1. The van der Waals surface area contributed by atoms with Gasteiger partial charge in [-0.2, -0.15) is 0 Å². The molecular formula is C12H14N2O5S. The lowest BCUT2D eigenvalue weighted by atomic mass is 10.3. The van der Waals surface area contributed by atoms with Crippen LogP contribution in [0.1, 0.15) is 13.3 Å². The second-order valence-corrected chi connectivity index (χ2v) is 5.15. The Morgan fingerprint density at radius 3 is 2.50 bits per heavy atom.